The molecule has 0 saturated carbocycles. The number of hydrogen-bond acceptors (Lipinski definition) is 4. The third-order valence-electron chi connectivity index (χ3n) is 3.46. The third kappa shape index (κ3) is 6.02. The van der Waals surface area contributed by atoms with Gasteiger partial charge in [0, 0.05) is 19.0 Å². The first-order chi connectivity index (χ1) is 9.91. The van der Waals surface area contributed by atoms with Crippen LogP contribution in [0, 0.1) is 11.8 Å². The minimum absolute atomic E-state index is 0.166. The summed E-state index contributed by atoms with van der Waals surface area (Å²) in [6, 6.07) is 0. The Morgan fingerprint density at radius 1 is 1.52 bits per heavy atom. The quantitative estimate of drug-likeness (QED) is 0.391. The van der Waals surface area contributed by atoms with Crippen LogP contribution in [0.3, 0.4) is 0 Å². The lowest BCUT2D eigenvalue weighted by atomic mass is 9.89. The van der Waals surface area contributed by atoms with Crippen molar-refractivity contribution in [2.24, 2.45) is 11.8 Å². The zero-order chi connectivity index (χ0) is 15.8. The third-order valence-corrected chi connectivity index (χ3v) is 3.46. The van der Waals surface area contributed by atoms with E-state index in [1.807, 2.05) is 6.08 Å². The summed E-state index contributed by atoms with van der Waals surface area (Å²) in [7, 11) is 0. The summed E-state index contributed by atoms with van der Waals surface area (Å²) in [5.41, 5.74) is 0. The molecule has 0 N–H and O–H groups in total. The lowest BCUT2D eigenvalue weighted by Gasteiger charge is -2.22. The van der Waals surface area contributed by atoms with E-state index in [4.69, 9.17) is 9.47 Å². The second kappa shape index (κ2) is 8.49. The van der Waals surface area contributed by atoms with Crippen molar-refractivity contribution in [3.63, 3.8) is 0 Å². The monoisotopic (exact) mass is 295 g/mol. The second-order valence-electron chi connectivity index (χ2n) is 5.53. The van der Waals surface area contributed by atoms with Gasteiger partial charge in [0.1, 0.15) is 12.4 Å². The predicted molar refractivity (Wildman–Crippen MR) is 80.3 cm³/mol. The molecular formula is C16H25NO4. The van der Waals surface area contributed by atoms with E-state index in [1.165, 1.54) is 6.92 Å². The van der Waals surface area contributed by atoms with Crippen molar-refractivity contribution < 1.29 is 19.1 Å². The summed E-state index contributed by atoms with van der Waals surface area (Å²) in [6.07, 6.45) is 6.18. The van der Waals surface area contributed by atoms with Crippen LogP contribution in [0.5, 0.6) is 0 Å². The average Bonchev–Trinajstić information content (AvgIpc) is 2.77. The van der Waals surface area contributed by atoms with Gasteiger partial charge in [-0.05, 0) is 25.2 Å². The molecule has 0 aromatic heterocycles. The number of esters is 1. The van der Waals surface area contributed by atoms with E-state index < -0.39 is 0 Å². The first-order valence-electron chi connectivity index (χ1n) is 7.39. The zero-order valence-electron chi connectivity index (χ0n) is 13.1. The van der Waals surface area contributed by atoms with Crippen molar-refractivity contribution in [2.75, 3.05) is 13.2 Å². The van der Waals surface area contributed by atoms with Crippen LogP contribution in [-0.4, -0.2) is 30.1 Å². The van der Waals surface area contributed by atoms with E-state index >= 15 is 0 Å². The van der Waals surface area contributed by atoms with Gasteiger partial charge in [0.25, 0.3) is 0 Å². The van der Waals surface area contributed by atoms with Gasteiger partial charge < -0.3 is 9.47 Å². The highest BCUT2D eigenvalue weighted by atomic mass is 16.6. The van der Waals surface area contributed by atoms with Crippen LogP contribution in [0.25, 0.3) is 0 Å². The normalized spacial score (nSPS) is 16.4. The minimum atomic E-state index is -0.321. The number of cyclic esters (lactones) is 1. The van der Waals surface area contributed by atoms with Crippen LogP contribution in [-0.2, 0) is 14.3 Å². The van der Waals surface area contributed by atoms with Crippen molar-refractivity contribution in [2.45, 2.75) is 40.0 Å². The van der Waals surface area contributed by atoms with Crippen molar-refractivity contribution >= 4 is 12.1 Å². The lowest BCUT2D eigenvalue weighted by Crippen LogP contribution is -2.16. The lowest BCUT2D eigenvalue weighted by molar-refractivity contribution is -0.137. The van der Waals surface area contributed by atoms with E-state index in [0.29, 0.717) is 24.8 Å². The smallest absolute Gasteiger partial charge is 0.413 e. The van der Waals surface area contributed by atoms with Crippen LogP contribution in [0.1, 0.15) is 40.0 Å². The topological polar surface area (TPSA) is 55.8 Å². The Morgan fingerprint density at radius 3 is 2.76 bits per heavy atom. The molecule has 0 aromatic rings. The van der Waals surface area contributed by atoms with Gasteiger partial charge in [-0.1, -0.05) is 26.5 Å². The molecular weight excluding hydrogens is 270 g/mol. The molecule has 0 aromatic carbocycles. The molecule has 0 bridgehead atoms. The van der Waals surface area contributed by atoms with Crippen molar-refractivity contribution in [1.29, 1.82) is 0 Å². The predicted octanol–water partition coefficient (Wildman–Crippen LogP) is 3.47. The molecule has 0 radical (unpaired) electrons. The largest absolute Gasteiger partial charge is 0.447 e. The highest BCUT2D eigenvalue weighted by molar-refractivity contribution is 5.70. The van der Waals surface area contributed by atoms with Crippen LogP contribution < -0.4 is 0 Å². The van der Waals surface area contributed by atoms with Gasteiger partial charge in [0.05, 0.1) is 6.54 Å². The molecule has 0 aliphatic carbocycles. The van der Waals surface area contributed by atoms with Gasteiger partial charge >= 0.3 is 12.1 Å². The summed E-state index contributed by atoms with van der Waals surface area (Å²) in [5, 5.41) is 0. The number of amides is 1. The molecule has 1 rings (SSSR count). The first kappa shape index (κ1) is 17.3. The molecule has 1 aliphatic rings. The number of carbonyl (C=O) groups excluding carboxylic acids is 2. The Bertz CT molecular complexity index is 415. The van der Waals surface area contributed by atoms with E-state index in [2.05, 4.69) is 20.4 Å². The summed E-state index contributed by atoms with van der Waals surface area (Å²) in [5.74, 6) is 0.760. The van der Waals surface area contributed by atoms with E-state index in [9.17, 15) is 9.59 Å². The van der Waals surface area contributed by atoms with E-state index in [0.717, 1.165) is 19.3 Å². The van der Waals surface area contributed by atoms with Gasteiger partial charge in [-0.2, -0.15) is 0 Å². The molecule has 1 fully saturated rings. The molecule has 1 amide bonds. The fraction of sp³-hybridized carbons (Fsp3) is 0.625. The highest BCUT2D eigenvalue weighted by Gasteiger charge is 2.20. The van der Waals surface area contributed by atoms with Crippen LogP contribution in [0.2, 0.25) is 0 Å². The number of rotatable bonds is 8. The molecule has 1 atom stereocenters. The first-order valence-corrected chi connectivity index (χ1v) is 7.39. The van der Waals surface area contributed by atoms with Gasteiger partial charge in [-0.3, -0.25) is 9.69 Å². The van der Waals surface area contributed by atoms with Crippen LogP contribution >= 0.6 is 0 Å². The maximum atomic E-state index is 11.2. The Morgan fingerprint density at radius 2 is 2.24 bits per heavy atom. The van der Waals surface area contributed by atoms with Gasteiger partial charge in [-0.25, -0.2) is 4.79 Å². The molecule has 1 saturated heterocycles. The number of allylic oxidation sites excluding steroid dienone is 2. The second-order valence-corrected chi connectivity index (χ2v) is 5.53. The Hall–Kier alpha value is -1.78. The number of hydrogen-bond donors (Lipinski definition) is 0. The Kier molecular flexibility index (Phi) is 6.99. The number of nitrogens with zero attached hydrogens (tertiary/aromatic N) is 1. The fourth-order valence-corrected chi connectivity index (χ4v) is 2.32. The van der Waals surface area contributed by atoms with Crippen LogP contribution in [0.15, 0.2) is 24.6 Å². The van der Waals surface area contributed by atoms with Gasteiger partial charge in [0.15, 0.2) is 0 Å². The Balaban J connectivity index is 2.33. The molecule has 1 unspecified atom stereocenters. The minimum Gasteiger partial charge on any atom is -0.447 e. The summed E-state index contributed by atoms with van der Waals surface area (Å²) in [4.78, 5) is 23.8. The fourth-order valence-electron chi connectivity index (χ4n) is 2.32. The number of carbonyl (C=O) groups is 2. The summed E-state index contributed by atoms with van der Waals surface area (Å²) in [6.45, 7) is 10.5. The van der Waals surface area contributed by atoms with Crippen molar-refractivity contribution in [1.82, 2.24) is 4.90 Å². The molecule has 118 valence electrons. The zero-order valence-corrected chi connectivity index (χ0v) is 13.1. The summed E-state index contributed by atoms with van der Waals surface area (Å²) >= 11 is 0. The summed E-state index contributed by atoms with van der Waals surface area (Å²) < 4.78 is 9.94. The Labute approximate surface area is 126 Å². The maximum Gasteiger partial charge on any atom is 0.413 e. The van der Waals surface area contributed by atoms with E-state index in [-0.39, 0.29) is 18.0 Å². The van der Waals surface area contributed by atoms with Crippen molar-refractivity contribution in [3.05, 3.63) is 24.6 Å². The standard InChI is InChI=1S/C16H25NO4/c1-12(2)15(13(3)21-14(4)18)8-6-5-7-9-17-10-11-20-16(17)19/h7,9,12,15H,3,5-6,8,10-11H2,1-2,4H3/b9-7+. The maximum absolute atomic E-state index is 11.2. The van der Waals surface area contributed by atoms with Gasteiger partial charge in [-0.15, -0.1) is 0 Å². The molecule has 5 heteroatoms. The number of ether oxygens (including phenoxy) is 2. The van der Waals surface area contributed by atoms with Gasteiger partial charge in [0.2, 0.25) is 0 Å². The highest BCUT2D eigenvalue weighted by Crippen LogP contribution is 2.26. The molecule has 1 aliphatic heterocycles. The van der Waals surface area contributed by atoms with Crippen molar-refractivity contribution in [3.8, 4) is 0 Å². The van der Waals surface area contributed by atoms with Crippen LogP contribution in [0.4, 0.5) is 4.79 Å². The molecule has 0 spiro atoms. The molecule has 5 nitrogen and oxygen atoms in total. The van der Waals surface area contributed by atoms with E-state index in [1.54, 1.807) is 11.1 Å². The number of unbranched alkanes of at least 4 members (excludes halogenated alkanes) is 1. The molecule has 21 heavy (non-hydrogen) atoms. The molecule has 1 heterocycles. The average molecular weight is 295 g/mol. The SMILES string of the molecule is C=C(OC(C)=O)C(CCC/C=C/N1CCOC1=O)C(C)C.